The molecule has 6 heteroatoms. The van der Waals surface area contributed by atoms with Gasteiger partial charge in [-0.15, -0.1) is 0 Å². The third kappa shape index (κ3) is 1.70. The molecule has 0 saturated carbocycles. The molecule has 0 atom stereocenters. The van der Waals surface area contributed by atoms with Gasteiger partial charge in [-0.3, -0.25) is 0 Å². The van der Waals surface area contributed by atoms with Gasteiger partial charge in [0.15, 0.2) is 0 Å². The standard InChI is InChI=1S/C4H3N2O2.ClH.Hg/c7-3-1-2-5-4(8)6-3;;/h2H,(H2,5,6,7,8);1H;/q;;+1/p-1. The average molecular weight is 347 g/mol. The van der Waals surface area contributed by atoms with Crippen LogP contribution in [0.1, 0.15) is 0 Å². The van der Waals surface area contributed by atoms with Crippen LogP contribution < -0.4 is 14.3 Å². The van der Waals surface area contributed by atoms with E-state index in [1.807, 2.05) is 0 Å². The number of nitrogens with one attached hydrogen (secondary N) is 2. The predicted octanol–water partition coefficient (Wildman–Crippen LogP) is -1.08. The first-order valence-electron chi connectivity index (χ1n) is 2.61. The van der Waals surface area contributed by atoms with Crippen molar-refractivity contribution in [3.05, 3.63) is 27.0 Å². The molecule has 1 rings (SSSR count). The second-order valence-electron chi connectivity index (χ2n) is 1.73. The van der Waals surface area contributed by atoms with Crippen molar-refractivity contribution in [1.29, 1.82) is 0 Å². The summed E-state index contributed by atoms with van der Waals surface area (Å²) < 4.78 is 0.585. The molecule has 10 heavy (non-hydrogen) atoms. The van der Waals surface area contributed by atoms with Crippen LogP contribution >= 0.6 is 8.25 Å². The molecule has 4 nitrogen and oxygen atoms in total. The van der Waals surface area contributed by atoms with Gasteiger partial charge in [-0.2, -0.15) is 0 Å². The Morgan fingerprint density at radius 1 is 1.50 bits per heavy atom. The molecule has 0 radical (unpaired) electrons. The maximum atomic E-state index is 10.8. The van der Waals surface area contributed by atoms with Crippen molar-refractivity contribution in [2.75, 3.05) is 0 Å². The van der Waals surface area contributed by atoms with Crippen LogP contribution in [-0.4, -0.2) is 9.97 Å². The van der Waals surface area contributed by atoms with Crippen LogP contribution in [0.2, 0.25) is 0 Å². The minimum absolute atomic E-state index is 0.333. The minimum atomic E-state index is -1.65. The van der Waals surface area contributed by atoms with Gasteiger partial charge in [0.1, 0.15) is 0 Å². The Morgan fingerprint density at radius 3 is 2.70 bits per heavy atom. The van der Waals surface area contributed by atoms with Crippen molar-refractivity contribution >= 4 is 11.3 Å². The second-order valence-corrected chi connectivity index (χ2v) is 8.08. The molecule has 0 fully saturated rings. The Morgan fingerprint density at radius 2 is 2.20 bits per heavy atom. The van der Waals surface area contributed by atoms with Crippen LogP contribution in [0.25, 0.3) is 0 Å². The van der Waals surface area contributed by atoms with Crippen LogP contribution in [0.3, 0.4) is 0 Å². The van der Waals surface area contributed by atoms with Gasteiger partial charge in [0, 0.05) is 0 Å². The summed E-state index contributed by atoms with van der Waals surface area (Å²) in [6.07, 6.45) is 1.40. The molecule has 0 bridgehead atoms. The summed E-state index contributed by atoms with van der Waals surface area (Å²) in [6, 6.07) is 0. The number of aromatic nitrogens is 2. The summed E-state index contributed by atoms with van der Waals surface area (Å²) in [5.41, 5.74) is -0.812. The van der Waals surface area contributed by atoms with Crippen LogP contribution in [0.4, 0.5) is 0 Å². The van der Waals surface area contributed by atoms with Gasteiger partial charge in [-0.25, -0.2) is 0 Å². The molecule has 0 unspecified atom stereocenters. The van der Waals surface area contributed by atoms with E-state index in [2.05, 4.69) is 9.97 Å². The summed E-state index contributed by atoms with van der Waals surface area (Å²) in [6.45, 7) is 0. The molecule has 0 amide bonds. The summed E-state index contributed by atoms with van der Waals surface area (Å²) >= 11 is -1.65. The van der Waals surface area contributed by atoms with Gasteiger partial charge in [0.2, 0.25) is 0 Å². The van der Waals surface area contributed by atoms with E-state index in [4.69, 9.17) is 8.25 Å². The van der Waals surface area contributed by atoms with Crippen LogP contribution in [-0.2, 0) is 23.3 Å². The topological polar surface area (TPSA) is 65.7 Å². The normalized spacial score (nSPS) is 8.90. The fourth-order valence-electron chi connectivity index (χ4n) is 0.537. The predicted molar refractivity (Wildman–Crippen MR) is 33.2 cm³/mol. The molecule has 0 aliphatic carbocycles. The maximum absolute atomic E-state index is 10.8. The molecular formula is C4H3ClHgN2O2. The Hall–Kier alpha value is -0.0949. The number of halogens is 1. The van der Waals surface area contributed by atoms with E-state index < -0.39 is 29.0 Å². The molecule has 1 heterocycles. The first-order chi connectivity index (χ1) is 4.74. The Kier molecular flexibility index (Phi) is 2.68. The number of hydrogen-bond donors (Lipinski definition) is 2. The van der Waals surface area contributed by atoms with Crippen LogP contribution in [0.15, 0.2) is 15.8 Å². The van der Waals surface area contributed by atoms with Crippen LogP contribution in [0, 0.1) is 0 Å². The van der Waals surface area contributed by atoms with Gasteiger partial charge in [-0.05, 0) is 0 Å². The molecule has 2 N–H and O–H groups in total. The molecule has 0 aliphatic rings. The van der Waals surface area contributed by atoms with E-state index in [0.29, 0.717) is 3.07 Å². The summed E-state index contributed by atoms with van der Waals surface area (Å²) in [4.78, 5) is 25.6. The fourth-order valence-corrected chi connectivity index (χ4v) is 3.79. The van der Waals surface area contributed by atoms with E-state index in [1.165, 1.54) is 6.20 Å². The fraction of sp³-hybridized carbons (Fsp3) is 0. The van der Waals surface area contributed by atoms with Crippen molar-refractivity contribution in [3.8, 4) is 0 Å². The molecule has 0 aliphatic heterocycles. The van der Waals surface area contributed by atoms with Crippen molar-refractivity contribution in [2.24, 2.45) is 0 Å². The zero-order valence-corrected chi connectivity index (χ0v) is 11.2. The first kappa shape index (κ1) is 8.01. The third-order valence-corrected chi connectivity index (χ3v) is 6.73. The summed E-state index contributed by atoms with van der Waals surface area (Å²) in [7, 11) is 5.56. The van der Waals surface area contributed by atoms with Gasteiger partial charge >= 0.3 is 71.7 Å². The Balaban J connectivity index is 3.34. The number of rotatable bonds is 1. The van der Waals surface area contributed by atoms with Crippen molar-refractivity contribution in [2.45, 2.75) is 0 Å². The molecular weight excluding hydrogens is 344 g/mol. The molecule has 0 aromatic carbocycles. The molecule has 1 aromatic heterocycles. The van der Waals surface area contributed by atoms with E-state index in [1.54, 1.807) is 0 Å². The molecule has 0 spiro atoms. The third-order valence-electron chi connectivity index (χ3n) is 1.04. The monoisotopic (exact) mass is 348 g/mol. The van der Waals surface area contributed by atoms with Crippen molar-refractivity contribution in [3.63, 3.8) is 0 Å². The zero-order valence-electron chi connectivity index (χ0n) is 4.98. The average Bonchev–Trinajstić information content (AvgIpc) is 1.88. The number of hydrogen-bond acceptors (Lipinski definition) is 2. The summed E-state index contributed by atoms with van der Waals surface area (Å²) in [5, 5.41) is 0. The first-order valence-corrected chi connectivity index (χ1v) is 12.1. The van der Waals surface area contributed by atoms with Crippen molar-refractivity contribution < 1.29 is 23.3 Å². The van der Waals surface area contributed by atoms with E-state index >= 15 is 0 Å². The van der Waals surface area contributed by atoms with E-state index in [-0.39, 0.29) is 5.56 Å². The number of H-pyrrole nitrogens is 2. The zero-order chi connectivity index (χ0) is 7.56. The van der Waals surface area contributed by atoms with E-state index in [0.717, 1.165) is 0 Å². The van der Waals surface area contributed by atoms with Gasteiger partial charge in [-0.1, -0.05) is 0 Å². The quantitative estimate of drug-likeness (QED) is 0.635. The SMILES string of the molecule is O=c1[nH]c[c]([Hg][Cl])c(=O)[nH]1. The van der Waals surface area contributed by atoms with Gasteiger partial charge in [0.25, 0.3) is 0 Å². The number of aromatic amines is 2. The second kappa shape index (κ2) is 3.34. The Bertz CT molecular complexity index is 331. The van der Waals surface area contributed by atoms with Gasteiger partial charge < -0.3 is 0 Å². The van der Waals surface area contributed by atoms with Crippen molar-refractivity contribution in [1.82, 2.24) is 9.97 Å². The van der Waals surface area contributed by atoms with Gasteiger partial charge in [0.05, 0.1) is 0 Å². The summed E-state index contributed by atoms with van der Waals surface area (Å²) in [5.74, 6) is 0. The molecule has 1 aromatic rings. The van der Waals surface area contributed by atoms with E-state index in [9.17, 15) is 9.59 Å². The molecule has 50 valence electrons. The molecule has 0 saturated heterocycles. The Labute approximate surface area is 71.5 Å². The van der Waals surface area contributed by atoms with Crippen LogP contribution in [0.5, 0.6) is 0 Å².